The highest BCUT2D eigenvalue weighted by atomic mass is 32.2. The Balaban J connectivity index is 1.07. The number of carbonyl (C=O) groups excluding carboxylic acids is 1. The minimum atomic E-state index is -3.45. The maximum absolute atomic E-state index is 12.8. The van der Waals surface area contributed by atoms with E-state index >= 15 is 0 Å². The Morgan fingerprint density at radius 3 is 1.79 bits per heavy atom. The van der Waals surface area contributed by atoms with Crippen molar-refractivity contribution in [3.05, 3.63) is 101 Å². The number of amides is 1. The van der Waals surface area contributed by atoms with Crippen LogP contribution in [0.3, 0.4) is 0 Å². The SMILES string of the molecule is O=C(NCc1ccc(CN2CCCC2)cc1)c1ccc(CN2CCN(S(=O)(=O)c3ccccc3)CC2)cc1. The number of sulfonamides is 1. The van der Waals surface area contributed by atoms with Crippen LogP contribution in [0.2, 0.25) is 0 Å². The van der Waals surface area contributed by atoms with Gasteiger partial charge in [0.2, 0.25) is 10.0 Å². The van der Waals surface area contributed by atoms with Gasteiger partial charge in [0, 0.05) is 51.4 Å². The summed E-state index contributed by atoms with van der Waals surface area (Å²) in [6.45, 7) is 6.88. The minimum Gasteiger partial charge on any atom is -0.348 e. The molecule has 2 aliphatic rings. The van der Waals surface area contributed by atoms with Gasteiger partial charge >= 0.3 is 0 Å². The summed E-state index contributed by atoms with van der Waals surface area (Å²) in [5, 5.41) is 3.02. The van der Waals surface area contributed by atoms with Crippen LogP contribution in [0, 0.1) is 0 Å². The molecule has 0 saturated carbocycles. The molecule has 1 N–H and O–H groups in total. The van der Waals surface area contributed by atoms with Crippen molar-refractivity contribution < 1.29 is 13.2 Å². The molecule has 5 rings (SSSR count). The molecule has 0 unspecified atom stereocenters. The molecule has 38 heavy (non-hydrogen) atoms. The molecule has 2 aliphatic heterocycles. The highest BCUT2D eigenvalue weighted by Crippen LogP contribution is 2.19. The number of hydrogen-bond acceptors (Lipinski definition) is 5. The van der Waals surface area contributed by atoms with Crippen LogP contribution in [0.25, 0.3) is 0 Å². The lowest BCUT2D eigenvalue weighted by molar-refractivity contribution is 0.0951. The summed E-state index contributed by atoms with van der Waals surface area (Å²) in [6, 6.07) is 24.8. The van der Waals surface area contributed by atoms with E-state index in [0.29, 0.717) is 43.2 Å². The summed E-state index contributed by atoms with van der Waals surface area (Å²) < 4.78 is 27.2. The van der Waals surface area contributed by atoms with E-state index in [-0.39, 0.29) is 5.91 Å². The molecule has 0 aromatic heterocycles. The van der Waals surface area contributed by atoms with Crippen LogP contribution >= 0.6 is 0 Å². The fourth-order valence-electron chi connectivity index (χ4n) is 5.14. The first-order chi connectivity index (χ1) is 18.5. The number of rotatable bonds is 9. The Bertz CT molecular complexity index is 1300. The summed E-state index contributed by atoms with van der Waals surface area (Å²) >= 11 is 0. The lowest BCUT2D eigenvalue weighted by Crippen LogP contribution is -2.48. The highest BCUT2D eigenvalue weighted by Gasteiger charge is 2.28. The van der Waals surface area contributed by atoms with E-state index in [4.69, 9.17) is 0 Å². The number of likely N-dealkylation sites (tertiary alicyclic amines) is 1. The molecule has 0 spiro atoms. The van der Waals surface area contributed by atoms with E-state index in [1.807, 2.05) is 30.3 Å². The Morgan fingerprint density at radius 2 is 1.18 bits per heavy atom. The lowest BCUT2D eigenvalue weighted by atomic mass is 10.1. The lowest BCUT2D eigenvalue weighted by Gasteiger charge is -2.34. The number of nitrogens with one attached hydrogen (secondary N) is 1. The van der Waals surface area contributed by atoms with Crippen LogP contribution in [0.15, 0.2) is 83.8 Å². The molecule has 2 fully saturated rings. The number of nitrogens with zero attached hydrogens (tertiary/aromatic N) is 3. The van der Waals surface area contributed by atoms with Crippen molar-refractivity contribution in [2.24, 2.45) is 0 Å². The Hall–Kier alpha value is -3.04. The molecule has 3 aromatic rings. The molecule has 3 aromatic carbocycles. The summed E-state index contributed by atoms with van der Waals surface area (Å²) in [5.41, 5.74) is 4.15. The average molecular weight is 533 g/mol. The highest BCUT2D eigenvalue weighted by molar-refractivity contribution is 7.89. The number of hydrogen-bond donors (Lipinski definition) is 1. The maximum Gasteiger partial charge on any atom is 0.251 e. The molecule has 0 atom stereocenters. The largest absolute Gasteiger partial charge is 0.348 e. The van der Waals surface area contributed by atoms with Crippen molar-refractivity contribution in [1.82, 2.24) is 19.4 Å². The Kier molecular flexibility index (Phi) is 8.54. The first-order valence-corrected chi connectivity index (χ1v) is 14.9. The van der Waals surface area contributed by atoms with Gasteiger partial charge in [-0.3, -0.25) is 14.6 Å². The molecule has 200 valence electrons. The van der Waals surface area contributed by atoms with E-state index in [1.54, 1.807) is 28.6 Å². The van der Waals surface area contributed by atoms with E-state index in [9.17, 15) is 13.2 Å². The van der Waals surface area contributed by atoms with Gasteiger partial charge in [0.1, 0.15) is 0 Å². The van der Waals surface area contributed by atoms with Gasteiger partial charge in [-0.05, 0) is 66.9 Å². The van der Waals surface area contributed by atoms with Crippen molar-refractivity contribution in [3.63, 3.8) is 0 Å². The standard InChI is InChI=1S/C30H36N4O3S/c35-30(31-22-25-8-10-26(11-9-25)23-32-16-4-5-17-32)28-14-12-27(13-15-28)24-33-18-20-34(21-19-33)38(36,37)29-6-2-1-3-7-29/h1-3,6-15H,4-5,16-24H2,(H,31,35). The molecule has 8 heteroatoms. The van der Waals surface area contributed by atoms with Crippen LogP contribution in [-0.2, 0) is 29.7 Å². The number of benzene rings is 3. The minimum absolute atomic E-state index is 0.0857. The Morgan fingerprint density at radius 1 is 0.658 bits per heavy atom. The third-order valence-electron chi connectivity index (χ3n) is 7.42. The fraction of sp³-hybridized carbons (Fsp3) is 0.367. The van der Waals surface area contributed by atoms with Gasteiger partial charge in [0.25, 0.3) is 5.91 Å². The fourth-order valence-corrected chi connectivity index (χ4v) is 6.58. The van der Waals surface area contributed by atoms with Crippen molar-refractivity contribution in [3.8, 4) is 0 Å². The molecule has 0 aliphatic carbocycles. The molecular weight excluding hydrogens is 496 g/mol. The van der Waals surface area contributed by atoms with Crippen molar-refractivity contribution in [2.75, 3.05) is 39.3 Å². The van der Waals surface area contributed by atoms with Crippen molar-refractivity contribution >= 4 is 15.9 Å². The molecule has 2 saturated heterocycles. The third kappa shape index (κ3) is 6.69. The van der Waals surface area contributed by atoms with E-state index in [1.165, 1.54) is 31.5 Å². The maximum atomic E-state index is 12.8. The van der Waals surface area contributed by atoms with Gasteiger partial charge in [0.05, 0.1) is 4.90 Å². The van der Waals surface area contributed by atoms with Crippen molar-refractivity contribution in [2.45, 2.75) is 37.4 Å². The van der Waals surface area contributed by atoms with Crippen LogP contribution < -0.4 is 5.32 Å². The van der Waals surface area contributed by atoms with Crippen LogP contribution in [0.4, 0.5) is 0 Å². The summed E-state index contributed by atoms with van der Waals surface area (Å²) in [4.78, 5) is 17.7. The molecule has 1 amide bonds. The van der Waals surface area contributed by atoms with E-state index < -0.39 is 10.0 Å². The summed E-state index contributed by atoms with van der Waals surface area (Å²) in [5.74, 6) is -0.0857. The molecule has 7 nitrogen and oxygen atoms in total. The second-order valence-corrected chi connectivity index (χ2v) is 12.1. The predicted octanol–water partition coefficient (Wildman–Crippen LogP) is 3.72. The molecule has 2 heterocycles. The predicted molar refractivity (Wildman–Crippen MR) is 149 cm³/mol. The van der Waals surface area contributed by atoms with Gasteiger partial charge in [0.15, 0.2) is 0 Å². The van der Waals surface area contributed by atoms with Crippen LogP contribution in [0.5, 0.6) is 0 Å². The van der Waals surface area contributed by atoms with Crippen LogP contribution in [-0.4, -0.2) is 67.7 Å². The van der Waals surface area contributed by atoms with Gasteiger partial charge in [-0.2, -0.15) is 4.31 Å². The topological polar surface area (TPSA) is 73.0 Å². The van der Waals surface area contributed by atoms with E-state index in [0.717, 1.165) is 24.2 Å². The monoisotopic (exact) mass is 532 g/mol. The molecular formula is C30H36N4O3S. The van der Waals surface area contributed by atoms with Gasteiger partial charge in [-0.25, -0.2) is 8.42 Å². The first-order valence-electron chi connectivity index (χ1n) is 13.4. The quantitative estimate of drug-likeness (QED) is 0.455. The van der Waals surface area contributed by atoms with E-state index in [2.05, 4.69) is 39.4 Å². The number of piperazine rings is 1. The van der Waals surface area contributed by atoms with Gasteiger partial charge in [-0.1, -0.05) is 54.6 Å². The normalized spacial score (nSPS) is 17.5. The zero-order valence-corrected chi connectivity index (χ0v) is 22.6. The van der Waals surface area contributed by atoms with Crippen LogP contribution in [0.1, 0.15) is 39.9 Å². The Labute approximate surface area is 226 Å². The first kappa shape index (κ1) is 26.6. The average Bonchev–Trinajstić information content (AvgIpc) is 3.47. The van der Waals surface area contributed by atoms with Gasteiger partial charge < -0.3 is 5.32 Å². The second kappa shape index (κ2) is 12.2. The smallest absolute Gasteiger partial charge is 0.251 e. The number of carbonyl (C=O) groups is 1. The zero-order valence-electron chi connectivity index (χ0n) is 21.8. The summed E-state index contributed by atoms with van der Waals surface area (Å²) in [7, 11) is -3.45. The second-order valence-electron chi connectivity index (χ2n) is 10.2. The molecule has 0 bridgehead atoms. The molecule has 0 radical (unpaired) electrons. The van der Waals surface area contributed by atoms with Crippen molar-refractivity contribution in [1.29, 1.82) is 0 Å². The summed E-state index contributed by atoms with van der Waals surface area (Å²) in [6.07, 6.45) is 2.59. The van der Waals surface area contributed by atoms with Gasteiger partial charge in [-0.15, -0.1) is 0 Å². The third-order valence-corrected chi connectivity index (χ3v) is 9.33. The zero-order chi connectivity index (χ0) is 26.4.